The Morgan fingerprint density at radius 1 is 1.14 bits per heavy atom. The number of imidazole rings is 1. The molecule has 1 aromatic carbocycles. The van der Waals surface area contributed by atoms with Gasteiger partial charge in [-0.2, -0.15) is 4.98 Å². The zero-order chi connectivity index (χ0) is 20.9. The van der Waals surface area contributed by atoms with E-state index in [0.29, 0.717) is 42.4 Å². The van der Waals surface area contributed by atoms with Gasteiger partial charge in [0.15, 0.2) is 11.2 Å². The SMILES string of the molecule is CCOC(=O)c1ccc(N2C[C@H](C)Cn3c2nc2c3c(=O)n(C)c(=O)n2C)cc1. The predicted molar refractivity (Wildman–Crippen MR) is 109 cm³/mol. The fraction of sp³-hybridized carbons (Fsp3) is 0.400. The van der Waals surface area contributed by atoms with Crippen molar-refractivity contribution in [3.8, 4) is 0 Å². The quantitative estimate of drug-likeness (QED) is 0.621. The van der Waals surface area contributed by atoms with Gasteiger partial charge in [-0.3, -0.25) is 13.9 Å². The van der Waals surface area contributed by atoms with E-state index >= 15 is 0 Å². The number of ether oxygens (including phenoxy) is 1. The fourth-order valence-corrected chi connectivity index (χ4v) is 3.79. The van der Waals surface area contributed by atoms with Crippen LogP contribution in [-0.4, -0.2) is 37.8 Å². The van der Waals surface area contributed by atoms with Gasteiger partial charge in [0.1, 0.15) is 0 Å². The second-order valence-corrected chi connectivity index (χ2v) is 7.38. The van der Waals surface area contributed by atoms with Crippen molar-refractivity contribution in [1.82, 2.24) is 18.7 Å². The molecule has 9 nitrogen and oxygen atoms in total. The molecule has 152 valence electrons. The number of rotatable bonds is 3. The van der Waals surface area contributed by atoms with Crippen LogP contribution in [0.1, 0.15) is 24.2 Å². The number of carbonyl (C=O) groups is 1. The van der Waals surface area contributed by atoms with Crippen LogP contribution in [-0.2, 0) is 25.4 Å². The summed E-state index contributed by atoms with van der Waals surface area (Å²) in [4.78, 5) is 43.7. The van der Waals surface area contributed by atoms with E-state index in [9.17, 15) is 14.4 Å². The monoisotopic (exact) mass is 397 g/mol. The van der Waals surface area contributed by atoms with Gasteiger partial charge >= 0.3 is 11.7 Å². The molecule has 1 aliphatic rings. The first kappa shape index (κ1) is 19.0. The molecule has 3 aromatic rings. The third-order valence-electron chi connectivity index (χ3n) is 5.25. The van der Waals surface area contributed by atoms with Gasteiger partial charge in [-0.1, -0.05) is 6.92 Å². The van der Waals surface area contributed by atoms with Gasteiger partial charge in [0.05, 0.1) is 12.2 Å². The Morgan fingerprint density at radius 2 is 1.83 bits per heavy atom. The highest BCUT2D eigenvalue weighted by molar-refractivity contribution is 5.90. The number of aryl methyl sites for hydroxylation is 1. The molecule has 3 heterocycles. The molecular weight excluding hydrogens is 374 g/mol. The molecule has 4 rings (SSSR count). The van der Waals surface area contributed by atoms with Gasteiger partial charge in [0.25, 0.3) is 5.56 Å². The van der Waals surface area contributed by atoms with Crippen LogP contribution in [0.4, 0.5) is 11.6 Å². The number of hydrogen-bond acceptors (Lipinski definition) is 6. The van der Waals surface area contributed by atoms with Crippen molar-refractivity contribution in [1.29, 1.82) is 0 Å². The lowest BCUT2D eigenvalue weighted by Crippen LogP contribution is -2.38. The summed E-state index contributed by atoms with van der Waals surface area (Å²) in [5.41, 5.74) is 1.36. The van der Waals surface area contributed by atoms with Crippen molar-refractivity contribution >= 4 is 28.8 Å². The topological polar surface area (TPSA) is 91.4 Å². The molecule has 0 unspecified atom stereocenters. The predicted octanol–water partition coefficient (Wildman–Crippen LogP) is 1.40. The van der Waals surface area contributed by atoms with Crippen molar-refractivity contribution in [2.75, 3.05) is 18.1 Å². The van der Waals surface area contributed by atoms with E-state index in [1.54, 1.807) is 26.1 Å². The number of fused-ring (bicyclic) bond motifs is 3. The lowest BCUT2D eigenvalue weighted by Gasteiger charge is -2.33. The summed E-state index contributed by atoms with van der Waals surface area (Å²) < 4.78 is 9.42. The maximum atomic E-state index is 12.8. The summed E-state index contributed by atoms with van der Waals surface area (Å²) in [6.07, 6.45) is 0. The minimum Gasteiger partial charge on any atom is -0.462 e. The molecule has 0 N–H and O–H groups in total. The highest BCUT2D eigenvalue weighted by Crippen LogP contribution is 2.32. The fourth-order valence-electron chi connectivity index (χ4n) is 3.79. The molecule has 1 atom stereocenters. The summed E-state index contributed by atoms with van der Waals surface area (Å²) in [6, 6.07) is 7.11. The van der Waals surface area contributed by atoms with Crippen LogP contribution in [0.25, 0.3) is 11.2 Å². The van der Waals surface area contributed by atoms with Crippen molar-refractivity contribution < 1.29 is 9.53 Å². The van der Waals surface area contributed by atoms with Crippen LogP contribution >= 0.6 is 0 Å². The Hall–Kier alpha value is -3.36. The van der Waals surface area contributed by atoms with Gasteiger partial charge < -0.3 is 14.2 Å². The van der Waals surface area contributed by atoms with Crippen molar-refractivity contribution in [2.24, 2.45) is 20.0 Å². The van der Waals surface area contributed by atoms with Crippen molar-refractivity contribution in [3.63, 3.8) is 0 Å². The molecule has 2 aromatic heterocycles. The zero-order valence-corrected chi connectivity index (χ0v) is 16.9. The lowest BCUT2D eigenvalue weighted by molar-refractivity contribution is 0.0526. The minimum absolute atomic E-state index is 0.256. The maximum Gasteiger partial charge on any atom is 0.338 e. The van der Waals surface area contributed by atoms with Crippen LogP contribution in [0.2, 0.25) is 0 Å². The average Bonchev–Trinajstić information content (AvgIpc) is 3.10. The first-order chi connectivity index (χ1) is 13.8. The summed E-state index contributed by atoms with van der Waals surface area (Å²) in [5.74, 6) is 0.503. The molecule has 0 saturated heterocycles. The van der Waals surface area contributed by atoms with E-state index < -0.39 is 5.69 Å². The average molecular weight is 397 g/mol. The molecule has 0 spiro atoms. The smallest absolute Gasteiger partial charge is 0.338 e. The largest absolute Gasteiger partial charge is 0.462 e. The molecule has 0 saturated carbocycles. The number of hydrogen-bond donors (Lipinski definition) is 0. The van der Waals surface area contributed by atoms with Crippen molar-refractivity contribution in [2.45, 2.75) is 20.4 Å². The Labute approximate surface area is 166 Å². The third-order valence-corrected chi connectivity index (χ3v) is 5.25. The van der Waals surface area contributed by atoms with E-state index in [0.717, 1.165) is 10.3 Å². The molecule has 0 amide bonds. The molecule has 9 heteroatoms. The van der Waals surface area contributed by atoms with Crippen LogP contribution < -0.4 is 16.1 Å². The van der Waals surface area contributed by atoms with Gasteiger partial charge in [-0.25, -0.2) is 9.59 Å². The second-order valence-electron chi connectivity index (χ2n) is 7.38. The molecule has 0 bridgehead atoms. The standard InChI is InChI=1S/C20H23N5O4/c1-5-29-18(27)13-6-8-14(9-7-13)24-10-12(2)11-25-15-16(21-19(24)25)22(3)20(28)23(4)17(15)26/h6-9,12H,5,10-11H2,1-4H3/t12-/m0/s1. The molecule has 0 aliphatic carbocycles. The molecule has 29 heavy (non-hydrogen) atoms. The van der Waals surface area contributed by atoms with Gasteiger partial charge in [0.2, 0.25) is 5.95 Å². The van der Waals surface area contributed by atoms with E-state index in [-0.39, 0.29) is 17.4 Å². The van der Waals surface area contributed by atoms with Gasteiger partial charge in [0, 0.05) is 32.9 Å². The number of anilines is 2. The second kappa shape index (κ2) is 6.91. The minimum atomic E-state index is -0.406. The molecular formula is C20H23N5O4. The number of nitrogens with zero attached hydrogens (tertiary/aromatic N) is 5. The Balaban J connectivity index is 1.86. The first-order valence-corrected chi connectivity index (χ1v) is 9.54. The molecule has 0 fully saturated rings. The highest BCUT2D eigenvalue weighted by Gasteiger charge is 2.29. The van der Waals surface area contributed by atoms with Crippen LogP contribution in [0, 0.1) is 5.92 Å². The normalized spacial score (nSPS) is 16.1. The number of esters is 1. The Morgan fingerprint density at radius 3 is 2.48 bits per heavy atom. The Bertz CT molecular complexity index is 1220. The summed E-state index contributed by atoms with van der Waals surface area (Å²) in [7, 11) is 3.09. The van der Waals surface area contributed by atoms with E-state index in [4.69, 9.17) is 4.74 Å². The van der Waals surface area contributed by atoms with Gasteiger partial charge in [-0.15, -0.1) is 0 Å². The van der Waals surface area contributed by atoms with E-state index in [1.807, 2.05) is 21.6 Å². The maximum absolute atomic E-state index is 12.8. The summed E-state index contributed by atoms with van der Waals surface area (Å²) in [5, 5.41) is 0. The number of carbonyl (C=O) groups excluding carboxylic acids is 1. The summed E-state index contributed by atoms with van der Waals surface area (Å²) >= 11 is 0. The van der Waals surface area contributed by atoms with Crippen LogP contribution in [0.15, 0.2) is 33.9 Å². The zero-order valence-electron chi connectivity index (χ0n) is 16.9. The van der Waals surface area contributed by atoms with E-state index in [2.05, 4.69) is 11.9 Å². The Kier molecular flexibility index (Phi) is 4.52. The first-order valence-electron chi connectivity index (χ1n) is 9.54. The lowest BCUT2D eigenvalue weighted by atomic mass is 10.1. The number of aromatic nitrogens is 4. The third kappa shape index (κ3) is 2.93. The molecule has 1 aliphatic heterocycles. The van der Waals surface area contributed by atoms with E-state index in [1.165, 1.54) is 11.6 Å². The molecule has 0 radical (unpaired) electrons. The van der Waals surface area contributed by atoms with Crippen LogP contribution in [0.5, 0.6) is 0 Å². The van der Waals surface area contributed by atoms with Crippen molar-refractivity contribution in [3.05, 3.63) is 50.7 Å². The van der Waals surface area contributed by atoms with Crippen LogP contribution in [0.3, 0.4) is 0 Å². The van der Waals surface area contributed by atoms with Gasteiger partial charge in [-0.05, 0) is 37.1 Å². The summed E-state index contributed by atoms with van der Waals surface area (Å²) in [6.45, 7) is 5.53. The number of benzene rings is 1. The highest BCUT2D eigenvalue weighted by atomic mass is 16.5.